The third-order valence-corrected chi connectivity index (χ3v) is 4.88. The van der Waals surface area contributed by atoms with Gasteiger partial charge in [-0.15, -0.1) is 0 Å². The largest absolute Gasteiger partial charge is 0.357 e. The molecule has 0 saturated carbocycles. The monoisotopic (exact) mass is 309 g/mol. The average Bonchev–Trinajstić information content (AvgIpc) is 3.15. The smallest absolute Gasteiger partial charge is 0.191 e. The molecule has 2 rings (SSSR count). The second-order valence-electron chi connectivity index (χ2n) is 5.57. The number of thioether (sulfide) groups is 1. The Labute approximate surface area is 132 Å². The van der Waals surface area contributed by atoms with Gasteiger partial charge in [-0.25, -0.2) is 0 Å². The highest BCUT2D eigenvalue weighted by atomic mass is 32.2. The number of nitrogens with one attached hydrogen (secondary N) is 2. The predicted molar refractivity (Wildman–Crippen MR) is 90.9 cm³/mol. The van der Waals surface area contributed by atoms with Crippen LogP contribution in [0, 0.1) is 5.92 Å². The molecule has 0 aliphatic carbocycles. The first-order valence-corrected chi connectivity index (χ1v) is 8.94. The van der Waals surface area contributed by atoms with Gasteiger partial charge in [0, 0.05) is 43.8 Å². The lowest BCUT2D eigenvalue weighted by atomic mass is 10.2. The van der Waals surface area contributed by atoms with Crippen LogP contribution in [0.4, 0.5) is 0 Å². The molecule has 1 fully saturated rings. The molecule has 2 heterocycles. The highest BCUT2D eigenvalue weighted by Crippen LogP contribution is 2.25. The molecule has 1 aromatic heterocycles. The SMILES string of the molecule is CCNC(=NCC(C)Cn1cccn1)NCC1CCCS1. The van der Waals surface area contributed by atoms with Gasteiger partial charge in [-0.05, 0) is 37.5 Å². The molecule has 1 aromatic rings. The van der Waals surface area contributed by atoms with Crippen LogP contribution in [0.2, 0.25) is 0 Å². The van der Waals surface area contributed by atoms with E-state index in [1.807, 2.05) is 23.1 Å². The fourth-order valence-electron chi connectivity index (χ4n) is 2.39. The van der Waals surface area contributed by atoms with Crippen molar-refractivity contribution < 1.29 is 0 Å². The third-order valence-electron chi connectivity index (χ3n) is 3.48. The Morgan fingerprint density at radius 1 is 1.52 bits per heavy atom. The molecule has 1 aliphatic rings. The molecule has 0 spiro atoms. The van der Waals surface area contributed by atoms with Crippen LogP contribution >= 0.6 is 11.8 Å². The van der Waals surface area contributed by atoms with Gasteiger partial charge in [-0.3, -0.25) is 9.67 Å². The Balaban J connectivity index is 1.75. The minimum Gasteiger partial charge on any atom is -0.357 e. The van der Waals surface area contributed by atoms with Crippen molar-refractivity contribution in [2.24, 2.45) is 10.9 Å². The molecule has 1 aliphatic heterocycles. The van der Waals surface area contributed by atoms with E-state index in [-0.39, 0.29) is 0 Å². The van der Waals surface area contributed by atoms with Crippen LogP contribution in [0.3, 0.4) is 0 Å². The topological polar surface area (TPSA) is 54.2 Å². The molecule has 2 unspecified atom stereocenters. The van der Waals surface area contributed by atoms with Gasteiger partial charge in [0.2, 0.25) is 0 Å². The van der Waals surface area contributed by atoms with E-state index in [0.717, 1.165) is 37.4 Å². The predicted octanol–water partition coefficient (Wildman–Crippen LogP) is 1.97. The summed E-state index contributed by atoms with van der Waals surface area (Å²) in [5.41, 5.74) is 0. The van der Waals surface area contributed by atoms with Gasteiger partial charge in [0.05, 0.1) is 0 Å². The lowest BCUT2D eigenvalue weighted by Gasteiger charge is -2.15. The summed E-state index contributed by atoms with van der Waals surface area (Å²) in [5.74, 6) is 2.72. The van der Waals surface area contributed by atoms with Crippen molar-refractivity contribution in [1.82, 2.24) is 20.4 Å². The van der Waals surface area contributed by atoms with E-state index >= 15 is 0 Å². The van der Waals surface area contributed by atoms with Crippen LogP contribution < -0.4 is 10.6 Å². The molecule has 6 heteroatoms. The summed E-state index contributed by atoms with van der Waals surface area (Å²) in [7, 11) is 0. The van der Waals surface area contributed by atoms with Gasteiger partial charge < -0.3 is 10.6 Å². The number of rotatable bonds is 7. The normalized spacial score (nSPS) is 20.5. The quantitative estimate of drug-likeness (QED) is 0.597. The zero-order valence-corrected chi connectivity index (χ0v) is 13.9. The van der Waals surface area contributed by atoms with Crippen molar-refractivity contribution in [2.45, 2.75) is 38.5 Å². The summed E-state index contributed by atoms with van der Waals surface area (Å²) in [5, 5.41) is 11.8. The maximum atomic E-state index is 4.70. The van der Waals surface area contributed by atoms with Crippen molar-refractivity contribution in [3.8, 4) is 0 Å². The minimum absolute atomic E-state index is 0.473. The Bertz CT molecular complexity index is 412. The zero-order chi connectivity index (χ0) is 14.9. The number of nitrogens with zero attached hydrogens (tertiary/aromatic N) is 3. The first-order valence-electron chi connectivity index (χ1n) is 7.89. The van der Waals surface area contributed by atoms with Gasteiger partial charge in [0.15, 0.2) is 5.96 Å². The van der Waals surface area contributed by atoms with Crippen LogP contribution in [-0.4, -0.2) is 46.4 Å². The lowest BCUT2D eigenvalue weighted by Crippen LogP contribution is -2.40. The van der Waals surface area contributed by atoms with E-state index in [1.165, 1.54) is 18.6 Å². The molecule has 2 N–H and O–H groups in total. The standard InChI is InChI=1S/C15H27N5S/c1-3-16-15(18-11-14-6-4-9-21-14)17-10-13(2)12-20-8-5-7-19-20/h5,7-8,13-14H,3-4,6,9-12H2,1-2H3,(H2,16,17,18). The Morgan fingerprint density at radius 2 is 2.43 bits per heavy atom. The summed E-state index contributed by atoms with van der Waals surface area (Å²) >= 11 is 2.07. The van der Waals surface area contributed by atoms with Crippen molar-refractivity contribution in [2.75, 3.05) is 25.4 Å². The molecule has 0 radical (unpaired) electrons. The first-order chi connectivity index (χ1) is 10.3. The maximum Gasteiger partial charge on any atom is 0.191 e. The number of guanidine groups is 1. The van der Waals surface area contributed by atoms with Gasteiger partial charge in [0.1, 0.15) is 0 Å². The van der Waals surface area contributed by atoms with E-state index in [4.69, 9.17) is 4.99 Å². The third kappa shape index (κ3) is 5.99. The second-order valence-corrected chi connectivity index (χ2v) is 6.98. The highest BCUT2D eigenvalue weighted by Gasteiger charge is 2.15. The van der Waals surface area contributed by atoms with Gasteiger partial charge in [-0.2, -0.15) is 16.9 Å². The first kappa shape index (κ1) is 16.2. The molecule has 1 saturated heterocycles. The van der Waals surface area contributed by atoms with Crippen molar-refractivity contribution in [1.29, 1.82) is 0 Å². The van der Waals surface area contributed by atoms with Gasteiger partial charge in [-0.1, -0.05) is 6.92 Å². The van der Waals surface area contributed by atoms with E-state index in [1.54, 1.807) is 0 Å². The molecule has 0 aromatic carbocycles. The number of hydrogen-bond donors (Lipinski definition) is 2. The Morgan fingerprint density at radius 3 is 3.10 bits per heavy atom. The fourth-order valence-corrected chi connectivity index (χ4v) is 3.59. The Kier molecular flexibility index (Phi) is 6.92. The van der Waals surface area contributed by atoms with Crippen LogP contribution in [0.1, 0.15) is 26.7 Å². The van der Waals surface area contributed by atoms with E-state index < -0.39 is 0 Å². The van der Waals surface area contributed by atoms with Crippen LogP contribution in [0.5, 0.6) is 0 Å². The lowest BCUT2D eigenvalue weighted by molar-refractivity contribution is 0.458. The van der Waals surface area contributed by atoms with Crippen molar-refractivity contribution >= 4 is 17.7 Å². The van der Waals surface area contributed by atoms with Crippen molar-refractivity contribution in [3.05, 3.63) is 18.5 Å². The molecule has 0 bridgehead atoms. The summed E-state index contributed by atoms with van der Waals surface area (Å²) in [6.45, 7) is 7.96. The number of aliphatic imine (C=N–C) groups is 1. The average molecular weight is 309 g/mol. The molecule has 0 amide bonds. The summed E-state index contributed by atoms with van der Waals surface area (Å²) in [6.07, 6.45) is 6.50. The van der Waals surface area contributed by atoms with Gasteiger partial charge >= 0.3 is 0 Å². The summed E-state index contributed by atoms with van der Waals surface area (Å²) < 4.78 is 1.97. The van der Waals surface area contributed by atoms with E-state index in [9.17, 15) is 0 Å². The van der Waals surface area contributed by atoms with Gasteiger partial charge in [0.25, 0.3) is 0 Å². The second kappa shape index (κ2) is 8.97. The molecule has 2 atom stereocenters. The van der Waals surface area contributed by atoms with Crippen molar-refractivity contribution in [3.63, 3.8) is 0 Å². The number of hydrogen-bond acceptors (Lipinski definition) is 3. The summed E-state index contributed by atoms with van der Waals surface area (Å²) in [6, 6.07) is 1.96. The van der Waals surface area contributed by atoms with Crippen LogP contribution in [0.15, 0.2) is 23.5 Å². The zero-order valence-electron chi connectivity index (χ0n) is 13.1. The Hall–Kier alpha value is -1.17. The van der Waals surface area contributed by atoms with E-state index in [0.29, 0.717) is 5.92 Å². The molecule has 118 valence electrons. The fraction of sp³-hybridized carbons (Fsp3) is 0.733. The summed E-state index contributed by atoms with van der Waals surface area (Å²) in [4.78, 5) is 4.70. The highest BCUT2D eigenvalue weighted by molar-refractivity contribution is 8.00. The van der Waals surface area contributed by atoms with Crippen LogP contribution in [-0.2, 0) is 6.54 Å². The molecule has 5 nitrogen and oxygen atoms in total. The molecular weight excluding hydrogens is 282 g/mol. The van der Waals surface area contributed by atoms with E-state index in [2.05, 4.69) is 41.3 Å². The molecular formula is C15H27N5S. The number of aromatic nitrogens is 2. The maximum absolute atomic E-state index is 4.70. The molecule has 21 heavy (non-hydrogen) atoms. The minimum atomic E-state index is 0.473. The van der Waals surface area contributed by atoms with Crippen LogP contribution in [0.25, 0.3) is 0 Å².